The van der Waals surface area contributed by atoms with Crippen LogP contribution >= 0.6 is 15.9 Å². The molecule has 1 N–H and O–H groups in total. The molecule has 0 aliphatic rings. The van der Waals surface area contributed by atoms with E-state index in [2.05, 4.69) is 27.3 Å². The van der Waals surface area contributed by atoms with Gasteiger partial charge in [0.25, 0.3) is 5.91 Å². The number of aryl methyl sites for hydroxylation is 2. The van der Waals surface area contributed by atoms with Gasteiger partial charge in [-0.15, -0.1) is 0 Å². The molecule has 0 aromatic heterocycles. The van der Waals surface area contributed by atoms with E-state index in [1.165, 1.54) is 11.1 Å². The number of nitrogens with one attached hydrogen (secondary N) is 1. The van der Waals surface area contributed by atoms with E-state index < -0.39 is 5.97 Å². The van der Waals surface area contributed by atoms with Crippen molar-refractivity contribution in [2.75, 3.05) is 6.61 Å². The standard InChI is InChI=1S/C20H22BrNO3/c1-13-4-7-17(10-14(13)2)15(3)22-19(23)12-25-20(24)11-16-5-8-18(21)9-6-16/h4-10,15H,11-12H2,1-3H3,(H,22,23). The molecule has 1 unspecified atom stereocenters. The van der Waals surface area contributed by atoms with Crippen molar-refractivity contribution in [2.45, 2.75) is 33.2 Å². The number of carbonyl (C=O) groups excluding carboxylic acids is 2. The molecular formula is C20H22BrNO3. The number of esters is 1. The quantitative estimate of drug-likeness (QED) is 0.740. The average Bonchev–Trinajstić information content (AvgIpc) is 2.57. The van der Waals surface area contributed by atoms with Crippen molar-refractivity contribution in [3.05, 3.63) is 69.2 Å². The number of benzene rings is 2. The predicted octanol–water partition coefficient (Wildman–Crippen LogP) is 4.03. The van der Waals surface area contributed by atoms with Crippen LogP contribution in [-0.2, 0) is 20.7 Å². The first-order valence-corrected chi connectivity index (χ1v) is 8.91. The van der Waals surface area contributed by atoms with E-state index in [1.54, 1.807) is 0 Å². The molecule has 0 fully saturated rings. The molecule has 0 radical (unpaired) electrons. The van der Waals surface area contributed by atoms with Crippen LogP contribution in [0.1, 0.15) is 35.2 Å². The lowest BCUT2D eigenvalue weighted by atomic mass is 10.0. The van der Waals surface area contributed by atoms with Gasteiger partial charge in [0.1, 0.15) is 0 Å². The van der Waals surface area contributed by atoms with Crippen molar-refractivity contribution < 1.29 is 14.3 Å². The fraction of sp³-hybridized carbons (Fsp3) is 0.300. The summed E-state index contributed by atoms with van der Waals surface area (Å²) in [6.45, 7) is 5.72. The summed E-state index contributed by atoms with van der Waals surface area (Å²) in [7, 11) is 0. The van der Waals surface area contributed by atoms with Crippen LogP contribution < -0.4 is 5.32 Å². The summed E-state index contributed by atoms with van der Waals surface area (Å²) in [5.74, 6) is -0.730. The van der Waals surface area contributed by atoms with Gasteiger partial charge in [-0.1, -0.05) is 46.3 Å². The van der Waals surface area contributed by atoms with Crippen molar-refractivity contribution in [1.82, 2.24) is 5.32 Å². The van der Waals surface area contributed by atoms with Crippen molar-refractivity contribution >= 4 is 27.8 Å². The first-order chi connectivity index (χ1) is 11.8. The number of ether oxygens (including phenoxy) is 1. The van der Waals surface area contributed by atoms with E-state index in [9.17, 15) is 9.59 Å². The third kappa shape index (κ3) is 6.02. The van der Waals surface area contributed by atoms with Gasteiger partial charge in [-0.2, -0.15) is 0 Å². The Balaban J connectivity index is 1.80. The number of carbonyl (C=O) groups is 2. The topological polar surface area (TPSA) is 55.4 Å². The number of amides is 1. The lowest BCUT2D eigenvalue weighted by molar-refractivity contribution is -0.148. The van der Waals surface area contributed by atoms with Gasteiger partial charge in [0.05, 0.1) is 12.5 Å². The predicted molar refractivity (Wildman–Crippen MR) is 101 cm³/mol. The molecule has 0 aliphatic heterocycles. The van der Waals surface area contributed by atoms with Crippen LogP contribution in [0.25, 0.3) is 0 Å². The Bertz CT molecular complexity index is 756. The summed E-state index contributed by atoms with van der Waals surface area (Å²) < 4.78 is 6.00. The van der Waals surface area contributed by atoms with Gasteiger partial charge in [-0.05, 0) is 55.2 Å². The second-order valence-corrected chi connectivity index (χ2v) is 7.01. The number of rotatable bonds is 6. The summed E-state index contributed by atoms with van der Waals surface area (Å²) in [6.07, 6.45) is 0.146. The highest BCUT2D eigenvalue weighted by atomic mass is 79.9. The van der Waals surface area contributed by atoms with E-state index in [0.29, 0.717) is 0 Å². The zero-order valence-corrected chi connectivity index (χ0v) is 16.2. The third-order valence-electron chi connectivity index (χ3n) is 4.03. The minimum Gasteiger partial charge on any atom is -0.455 e. The molecule has 25 heavy (non-hydrogen) atoms. The molecule has 2 rings (SSSR count). The highest BCUT2D eigenvalue weighted by Crippen LogP contribution is 2.16. The summed E-state index contributed by atoms with van der Waals surface area (Å²) >= 11 is 3.34. The van der Waals surface area contributed by atoms with Crippen LogP contribution in [0.5, 0.6) is 0 Å². The molecule has 0 saturated carbocycles. The Morgan fingerprint density at radius 1 is 1.08 bits per heavy atom. The maximum absolute atomic E-state index is 12.0. The minimum atomic E-state index is -0.420. The lowest BCUT2D eigenvalue weighted by Crippen LogP contribution is -2.31. The minimum absolute atomic E-state index is 0.142. The Morgan fingerprint density at radius 3 is 2.40 bits per heavy atom. The van der Waals surface area contributed by atoms with Crippen molar-refractivity contribution in [3.8, 4) is 0 Å². The van der Waals surface area contributed by atoms with Gasteiger partial charge >= 0.3 is 5.97 Å². The molecule has 2 aromatic carbocycles. The molecule has 132 valence electrons. The smallest absolute Gasteiger partial charge is 0.310 e. The van der Waals surface area contributed by atoms with Gasteiger partial charge < -0.3 is 10.1 Å². The van der Waals surface area contributed by atoms with Crippen molar-refractivity contribution in [2.24, 2.45) is 0 Å². The zero-order chi connectivity index (χ0) is 18.4. The molecule has 0 bridgehead atoms. The fourth-order valence-electron chi connectivity index (χ4n) is 2.37. The first-order valence-electron chi connectivity index (χ1n) is 8.11. The van der Waals surface area contributed by atoms with Crippen LogP contribution in [0.2, 0.25) is 0 Å². The van der Waals surface area contributed by atoms with Crippen molar-refractivity contribution in [3.63, 3.8) is 0 Å². The maximum atomic E-state index is 12.0. The van der Waals surface area contributed by atoms with E-state index >= 15 is 0 Å². The fourth-order valence-corrected chi connectivity index (χ4v) is 2.63. The third-order valence-corrected chi connectivity index (χ3v) is 4.56. The molecule has 4 nitrogen and oxygen atoms in total. The van der Waals surface area contributed by atoms with Crippen LogP contribution in [0.4, 0.5) is 0 Å². The van der Waals surface area contributed by atoms with Gasteiger partial charge in [0.15, 0.2) is 6.61 Å². The van der Waals surface area contributed by atoms with E-state index in [-0.39, 0.29) is 25.0 Å². The summed E-state index contributed by atoms with van der Waals surface area (Å²) in [6, 6.07) is 13.3. The first kappa shape index (κ1) is 19.2. The van der Waals surface area contributed by atoms with E-state index in [1.807, 2.05) is 57.2 Å². The summed E-state index contributed by atoms with van der Waals surface area (Å²) in [5.41, 5.74) is 4.26. The Hall–Kier alpha value is -2.14. The van der Waals surface area contributed by atoms with E-state index in [0.717, 1.165) is 15.6 Å². The molecule has 0 aliphatic carbocycles. The number of hydrogen-bond donors (Lipinski definition) is 1. The molecule has 2 aromatic rings. The number of hydrogen-bond acceptors (Lipinski definition) is 3. The van der Waals surface area contributed by atoms with Gasteiger partial charge in [-0.25, -0.2) is 0 Å². The summed E-state index contributed by atoms with van der Waals surface area (Å²) in [4.78, 5) is 23.8. The highest BCUT2D eigenvalue weighted by molar-refractivity contribution is 9.10. The molecule has 5 heteroatoms. The van der Waals surface area contributed by atoms with Crippen molar-refractivity contribution in [1.29, 1.82) is 0 Å². The molecular weight excluding hydrogens is 382 g/mol. The lowest BCUT2D eigenvalue weighted by Gasteiger charge is -2.15. The monoisotopic (exact) mass is 403 g/mol. The Morgan fingerprint density at radius 2 is 1.76 bits per heavy atom. The maximum Gasteiger partial charge on any atom is 0.310 e. The zero-order valence-electron chi connectivity index (χ0n) is 14.6. The molecule has 0 saturated heterocycles. The largest absolute Gasteiger partial charge is 0.455 e. The summed E-state index contributed by atoms with van der Waals surface area (Å²) in [5, 5.41) is 2.85. The van der Waals surface area contributed by atoms with Crippen LogP contribution in [0.15, 0.2) is 46.9 Å². The number of halogens is 1. The molecule has 0 heterocycles. The average molecular weight is 404 g/mol. The van der Waals surface area contributed by atoms with Gasteiger partial charge in [0, 0.05) is 4.47 Å². The second kappa shape index (κ2) is 8.81. The van der Waals surface area contributed by atoms with Crippen LogP contribution in [-0.4, -0.2) is 18.5 Å². The normalized spacial score (nSPS) is 11.7. The Kier molecular flexibility index (Phi) is 6.76. The molecule has 1 amide bonds. The van der Waals surface area contributed by atoms with Gasteiger partial charge in [-0.3, -0.25) is 9.59 Å². The van der Waals surface area contributed by atoms with Crippen LogP contribution in [0.3, 0.4) is 0 Å². The second-order valence-electron chi connectivity index (χ2n) is 6.10. The van der Waals surface area contributed by atoms with Gasteiger partial charge in [0.2, 0.25) is 0 Å². The van der Waals surface area contributed by atoms with E-state index in [4.69, 9.17) is 4.74 Å². The Labute approximate surface area is 156 Å². The van der Waals surface area contributed by atoms with Crippen LogP contribution in [0, 0.1) is 13.8 Å². The molecule has 0 spiro atoms. The SMILES string of the molecule is Cc1ccc(C(C)NC(=O)COC(=O)Cc2ccc(Br)cc2)cc1C. The molecule has 1 atom stereocenters. The highest BCUT2D eigenvalue weighted by Gasteiger charge is 2.13.